The molecule has 0 aromatic heterocycles. The minimum Gasteiger partial charge on any atom is -0.193 e. The first-order valence-corrected chi connectivity index (χ1v) is 3.94. The van der Waals surface area contributed by atoms with E-state index >= 15 is 0 Å². The van der Waals surface area contributed by atoms with Crippen molar-refractivity contribution >= 4 is 17.2 Å². The smallest absolute Gasteiger partial charge is 0.0915 e. The van der Waals surface area contributed by atoms with Gasteiger partial charge >= 0.3 is 0 Å². The van der Waals surface area contributed by atoms with Gasteiger partial charge in [0.25, 0.3) is 0 Å². The third-order valence-electron chi connectivity index (χ3n) is 1.58. The van der Waals surface area contributed by atoms with E-state index in [1.165, 1.54) is 6.08 Å². The second-order valence-corrected chi connectivity index (χ2v) is 2.90. The molecular formula is C10H8ClN. The Morgan fingerprint density at radius 1 is 1.42 bits per heavy atom. The lowest BCUT2D eigenvalue weighted by Crippen LogP contribution is -1.77. The molecule has 0 spiro atoms. The van der Waals surface area contributed by atoms with Crippen molar-refractivity contribution < 1.29 is 0 Å². The van der Waals surface area contributed by atoms with Gasteiger partial charge in [0.05, 0.1) is 6.07 Å². The summed E-state index contributed by atoms with van der Waals surface area (Å²) in [5.41, 5.74) is 1.98. The highest BCUT2D eigenvalue weighted by Crippen LogP contribution is 2.16. The van der Waals surface area contributed by atoms with Crippen LogP contribution < -0.4 is 0 Å². The fraction of sp³-hybridized carbons (Fsp3) is 0.100. The third-order valence-corrected chi connectivity index (χ3v) is 1.83. The Balaban J connectivity index is 2.99. The normalized spacial score (nSPS) is 10.9. The van der Waals surface area contributed by atoms with E-state index in [4.69, 9.17) is 16.9 Å². The van der Waals surface area contributed by atoms with Crippen molar-refractivity contribution in [3.05, 3.63) is 40.9 Å². The Hall–Kier alpha value is -1.26. The topological polar surface area (TPSA) is 23.8 Å². The van der Waals surface area contributed by atoms with E-state index in [0.29, 0.717) is 5.02 Å². The van der Waals surface area contributed by atoms with Crippen LogP contribution in [0.4, 0.5) is 0 Å². The van der Waals surface area contributed by atoms with Crippen LogP contribution in [0.5, 0.6) is 0 Å². The number of hydrogen-bond acceptors (Lipinski definition) is 1. The molecule has 0 aliphatic rings. The van der Waals surface area contributed by atoms with Crippen LogP contribution in [0.2, 0.25) is 5.02 Å². The van der Waals surface area contributed by atoms with E-state index in [-0.39, 0.29) is 0 Å². The first-order valence-electron chi connectivity index (χ1n) is 3.56. The Morgan fingerprint density at radius 3 is 2.50 bits per heavy atom. The van der Waals surface area contributed by atoms with E-state index < -0.39 is 0 Å². The molecule has 0 atom stereocenters. The molecular weight excluding hydrogens is 170 g/mol. The summed E-state index contributed by atoms with van der Waals surface area (Å²) >= 11 is 5.71. The lowest BCUT2D eigenvalue weighted by molar-refractivity contribution is 1.52. The summed E-state index contributed by atoms with van der Waals surface area (Å²) in [6, 6.07) is 9.40. The molecule has 2 heteroatoms. The zero-order chi connectivity index (χ0) is 8.97. The number of allylic oxidation sites excluding steroid dienone is 2. The van der Waals surface area contributed by atoms with Gasteiger partial charge in [0.15, 0.2) is 0 Å². The van der Waals surface area contributed by atoms with E-state index in [1.807, 2.05) is 37.3 Å². The van der Waals surface area contributed by atoms with E-state index in [1.54, 1.807) is 0 Å². The second kappa shape index (κ2) is 3.94. The average molecular weight is 178 g/mol. The van der Waals surface area contributed by atoms with Crippen LogP contribution in [0, 0.1) is 11.3 Å². The van der Waals surface area contributed by atoms with Gasteiger partial charge in [-0.1, -0.05) is 23.7 Å². The molecule has 0 N–H and O–H groups in total. The monoisotopic (exact) mass is 177 g/mol. The highest BCUT2D eigenvalue weighted by atomic mass is 35.5. The van der Waals surface area contributed by atoms with Crippen LogP contribution in [0.1, 0.15) is 12.5 Å². The highest BCUT2D eigenvalue weighted by molar-refractivity contribution is 6.30. The number of benzene rings is 1. The summed E-state index contributed by atoms with van der Waals surface area (Å²) in [4.78, 5) is 0. The Bertz CT molecular complexity index is 330. The van der Waals surface area contributed by atoms with Crippen molar-refractivity contribution in [2.24, 2.45) is 0 Å². The Morgan fingerprint density at radius 2 is 2.00 bits per heavy atom. The van der Waals surface area contributed by atoms with Crippen molar-refractivity contribution in [3.8, 4) is 6.07 Å². The van der Waals surface area contributed by atoms with Gasteiger partial charge < -0.3 is 0 Å². The number of halogens is 1. The predicted octanol–water partition coefficient (Wildman–Crippen LogP) is 3.27. The highest BCUT2D eigenvalue weighted by Gasteiger charge is 1.93. The first-order chi connectivity index (χ1) is 5.74. The summed E-state index contributed by atoms with van der Waals surface area (Å²) in [6.07, 6.45) is 1.52. The molecule has 12 heavy (non-hydrogen) atoms. The van der Waals surface area contributed by atoms with Crippen LogP contribution in [0.15, 0.2) is 30.3 Å². The lowest BCUT2D eigenvalue weighted by Gasteiger charge is -1.98. The maximum absolute atomic E-state index is 8.40. The molecule has 60 valence electrons. The van der Waals surface area contributed by atoms with Crippen LogP contribution in [0.3, 0.4) is 0 Å². The van der Waals surface area contributed by atoms with E-state index in [9.17, 15) is 0 Å². The maximum Gasteiger partial charge on any atom is 0.0915 e. The molecule has 0 unspecified atom stereocenters. The molecule has 1 aromatic rings. The standard InChI is InChI=1S/C10H8ClN/c1-8(6-7-12)9-2-4-10(11)5-3-9/h2-6H,1H3/b8-6-. The minimum atomic E-state index is 0.712. The second-order valence-electron chi connectivity index (χ2n) is 2.46. The van der Waals surface area contributed by atoms with Gasteiger partial charge in [0.1, 0.15) is 0 Å². The van der Waals surface area contributed by atoms with Gasteiger partial charge in [-0.25, -0.2) is 0 Å². The largest absolute Gasteiger partial charge is 0.193 e. The van der Waals surface area contributed by atoms with Crippen molar-refractivity contribution in [1.82, 2.24) is 0 Å². The van der Waals surface area contributed by atoms with Crippen molar-refractivity contribution in [2.45, 2.75) is 6.92 Å². The minimum absolute atomic E-state index is 0.712. The van der Waals surface area contributed by atoms with Crippen molar-refractivity contribution in [1.29, 1.82) is 5.26 Å². The summed E-state index contributed by atoms with van der Waals surface area (Å²) in [5, 5.41) is 9.11. The zero-order valence-electron chi connectivity index (χ0n) is 6.71. The molecule has 1 rings (SSSR count). The molecule has 0 heterocycles. The summed E-state index contributed by atoms with van der Waals surface area (Å²) in [6.45, 7) is 1.90. The number of rotatable bonds is 1. The average Bonchev–Trinajstić information content (AvgIpc) is 2.06. The molecule has 0 bridgehead atoms. The number of nitrogens with zero attached hydrogens (tertiary/aromatic N) is 1. The van der Waals surface area contributed by atoms with Gasteiger partial charge in [-0.2, -0.15) is 5.26 Å². The van der Waals surface area contributed by atoms with Crippen LogP contribution in [-0.2, 0) is 0 Å². The molecule has 0 aliphatic carbocycles. The Labute approximate surface area is 76.9 Å². The fourth-order valence-corrected chi connectivity index (χ4v) is 1.02. The van der Waals surface area contributed by atoms with Gasteiger partial charge in [0, 0.05) is 11.1 Å². The van der Waals surface area contributed by atoms with Crippen molar-refractivity contribution in [2.75, 3.05) is 0 Å². The predicted molar refractivity (Wildman–Crippen MR) is 50.7 cm³/mol. The van der Waals surface area contributed by atoms with Crippen LogP contribution >= 0.6 is 11.6 Å². The molecule has 0 radical (unpaired) electrons. The van der Waals surface area contributed by atoms with Gasteiger partial charge in [-0.3, -0.25) is 0 Å². The summed E-state index contributed by atoms with van der Waals surface area (Å²) in [5.74, 6) is 0. The van der Waals surface area contributed by atoms with Gasteiger partial charge in [0.2, 0.25) is 0 Å². The molecule has 1 aromatic carbocycles. The molecule has 0 amide bonds. The molecule has 0 aliphatic heterocycles. The first kappa shape index (κ1) is 8.83. The number of hydrogen-bond donors (Lipinski definition) is 0. The quantitative estimate of drug-likeness (QED) is 0.604. The number of nitriles is 1. The van der Waals surface area contributed by atoms with Crippen LogP contribution in [-0.4, -0.2) is 0 Å². The molecule has 0 saturated carbocycles. The molecule has 0 saturated heterocycles. The van der Waals surface area contributed by atoms with E-state index in [2.05, 4.69) is 0 Å². The van der Waals surface area contributed by atoms with Crippen LogP contribution in [0.25, 0.3) is 5.57 Å². The Kier molecular flexibility index (Phi) is 2.90. The van der Waals surface area contributed by atoms with Gasteiger partial charge in [-0.15, -0.1) is 0 Å². The summed E-state index contributed by atoms with van der Waals surface area (Å²) in [7, 11) is 0. The fourth-order valence-electron chi connectivity index (χ4n) is 0.893. The zero-order valence-corrected chi connectivity index (χ0v) is 7.47. The molecule has 0 fully saturated rings. The van der Waals surface area contributed by atoms with Crippen molar-refractivity contribution in [3.63, 3.8) is 0 Å². The maximum atomic E-state index is 8.40. The third kappa shape index (κ3) is 2.11. The van der Waals surface area contributed by atoms with Gasteiger partial charge in [-0.05, 0) is 30.2 Å². The van der Waals surface area contributed by atoms with E-state index in [0.717, 1.165) is 11.1 Å². The molecule has 1 nitrogen and oxygen atoms in total. The lowest BCUT2D eigenvalue weighted by atomic mass is 10.1. The SMILES string of the molecule is C/C(=C/C#N)c1ccc(Cl)cc1. The summed E-state index contributed by atoms with van der Waals surface area (Å²) < 4.78 is 0.